The van der Waals surface area contributed by atoms with E-state index in [1.54, 1.807) is 31.4 Å². The summed E-state index contributed by atoms with van der Waals surface area (Å²) in [7, 11) is 1.56. The van der Waals surface area contributed by atoms with Gasteiger partial charge in [-0.15, -0.1) is 0 Å². The van der Waals surface area contributed by atoms with Crippen molar-refractivity contribution in [3.63, 3.8) is 0 Å². The maximum absolute atomic E-state index is 11.9. The van der Waals surface area contributed by atoms with Crippen LogP contribution in [0.25, 0.3) is 0 Å². The molecule has 1 aliphatic rings. The molecule has 1 aromatic carbocycles. The first-order valence-corrected chi connectivity index (χ1v) is 5.13. The van der Waals surface area contributed by atoms with Crippen LogP contribution < -0.4 is 0 Å². The molecule has 16 heavy (non-hydrogen) atoms. The molecule has 0 aromatic heterocycles. The topological polar surface area (TPSA) is 46.6 Å². The summed E-state index contributed by atoms with van der Waals surface area (Å²) in [5.74, 6) is -0.464. The van der Waals surface area contributed by atoms with Crippen molar-refractivity contribution in [3.8, 4) is 0 Å². The Morgan fingerprint density at radius 3 is 2.12 bits per heavy atom. The van der Waals surface area contributed by atoms with Crippen molar-refractivity contribution in [1.82, 2.24) is 4.90 Å². The van der Waals surface area contributed by atoms with Gasteiger partial charge in [-0.3, -0.25) is 14.5 Å². The molecule has 1 aromatic rings. The van der Waals surface area contributed by atoms with Gasteiger partial charge in [0.25, 0.3) is 11.8 Å². The lowest BCUT2D eigenvalue weighted by atomic mass is 10.1. The molecule has 2 amide bonds. The molecular weight excluding hydrogens is 206 g/mol. The largest absolute Gasteiger partial charge is 0.380 e. The van der Waals surface area contributed by atoms with Crippen molar-refractivity contribution in [3.05, 3.63) is 35.4 Å². The minimum atomic E-state index is -0.232. The summed E-state index contributed by atoms with van der Waals surface area (Å²) in [6.45, 7) is 2.12. The summed E-state index contributed by atoms with van der Waals surface area (Å²) in [6.07, 6.45) is -0.151. The molecule has 84 valence electrons. The van der Waals surface area contributed by atoms with E-state index in [9.17, 15) is 9.59 Å². The van der Waals surface area contributed by atoms with Crippen LogP contribution >= 0.6 is 0 Å². The SMILES string of the molecule is COC(C)CN1C(=O)c2ccccc2C1=O. The Kier molecular flexibility index (Phi) is 2.75. The summed E-state index contributed by atoms with van der Waals surface area (Å²) in [4.78, 5) is 25.1. The molecule has 0 N–H and O–H groups in total. The second kappa shape index (κ2) is 4.06. The number of imide groups is 1. The number of hydrogen-bond acceptors (Lipinski definition) is 3. The fourth-order valence-corrected chi connectivity index (χ4v) is 1.74. The summed E-state index contributed by atoms with van der Waals surface area (Å²) >= 11 is 0. The molecular formula is C12H13NO3. The first-order valence-electron chi connectivity index (χ1n) is 5.13. The van der Waals surface area contributed by atoms with E-state index in [2.05, 4.69) is 0 Å². The minimum absolute atomic E-state index is 0.151. The molecule has 1 atom stereocenters. The monoisotopic (exact) mass is 219 g/mol. The Labute approximate surface area is 93.8 Å². The third-order valence-corrected chi connectivity index (χ3v) is 2.72. The van der Waals surface area contributed by atoms with Crippen LogP contribution in [0.2, 0.25) is 0 Å². The zero-order valence-corrected chi connectivity index (χ0v) is 9.27. The van der Waals surface area contributed by atoms with Crippen molar-refractivity contribution >= 4 is 11.8 Å². The number of hydrogen-bond donors (Lipinski definition) is 0. The van der Waals surface area contributed by atoms with Gasteiger partial charge >= 0.3 is 0 Å². The standard InChI is InChI=1S/C12H13NO3/c1-8(16-2)7-13-11(14)9-5-3-4-6-10(9)12(13)15/h3-6,8H,7H2,1-2H3. The molecule has 1 unspecified atom stereocenters. The number of benzene rings is 1. The number of ether oxygens (including phenoxy) is 1. The maximum Gasteiger partial charge on any atom is 0.261 e. The van der Waals surface area contributed by atoms with Crippen LogP contribution in [0.5, 0.6) is 0 Å². The fraction of sp³-hybridized carbons (Fsp3) is 0.333. The minimum Gasteiger partial charge on any atom is -0.380 e. The first-order chi connectivity index (χ1) is 7.65. The van der Waals surface area contributed by atoms with Crippen LogP contribution in [0, 0.1) is 0 Å². The molecule has 1 aliphatic heterocycles. The van der Waals surface area contributed by atoms with Crippen molar-refractivity contribution in [2.24, 2.45) is 0 Å². The Hall–Kier alpha value is -1.68. The van der Waals surface area contributed by atoms with Crippen molar-refractivity contribution in [2.75, 3.05) is 13.7 Å². The smallest absolute Gasteiger partial charge is 0.261 e. The van der Waals surface area contributed by atoms with E-state index in [4.69, 9.17) is 4.74 Å². The molecule has 0 fully saturated rings. The summed E-state index contributed by atoms with van der Waals surface area (Å²) in [6, 6.07) is 6.86. The molecule has 4 heteroatoms. The third-order valence-electron chi connectivity index (χ3n) is 2.72. The van der Waals surface area contributed by atoms with E-state index in [-0.39, 0.29) is 17.9 Å². The number of amides is 2. The average Bonchev–Trinajstić information content (AvgIpc) is 2.55. The van der Waals surface area contributed by atoms with Crippen LogP contribution in [-0.4, -0.2) is 36.5 Å². The molecule has 0 spiro atoms. The Balaban J connectivity index is 2.28. The van der Waals surface area contributed by atoms with Crippen LogP contribution in [0.3, 0.4) is 0 Å². The summed E-state index contributed by atoms with van der Waals surface area (Å²) in [5, 5.41) is 0. The van der Waals surface area contributed by atoms with E-state index in [0.717, 1.165) is 0 Å². The third kappa shape index (κ3) is 1.61. The Morgan fingerprint density at radius 2 is 1.69 bits per heavy atom. The second-order valence-corrected chi connectivity index (χ2v) is 3.81. The normalized spacial score (nSPS) is 16.5. The van der Waals surface area contributed by atoms with Gasteiger partial charge in [0, 0.05) is 7.11 Å². The summed E-state index contributed by atoms with van der Waals surface area (Å²) in [5.41, 5.74) is 0.964. The van der Waals surface area contributed by atoms with Gasteiger partial charge in [0.2, 0.25) is 0 Å². The number of carbonyl (C=O) groups is 2. The van der Waals surface area contributed by atoms with Gasteiger partial charge in [0.05, 0.1) is 23.8 Å². The highest BCUT2D eigenvalue weighted by atomic mass is 16.5. The molecule has 0 saturated carbocycles. The van der Waals surface area contributed by atoms with Gasteiger partial charge in [-0.05, 0) is 19.1 Å². The van der Waals surface area contributed by atoms with Crippen LogP contribution in [-0.2, 0) is 4.74 Å². The fourth-order valence-electron chi connectivity index (χ4n) is 1.74. The van der Waals surface area contributed by atoms with E-state index in [1.807, 2.05) is 6.92 Å². The lowest BCUT2D eigenvalue weighted by molar-refractivity contribution is 0.0484. The van der Waals surface area contributed by atoms with Gasteiger partial charge in [0.15, 0.2) is 0 Å². The molecule has 1 heterocycles. The quantitative estimate of drug-likeness (QED) is 0.720. The molecule has 0 aliphatic carbocycles. The number of rotatable bonds is 3. The molecule has 0 saturated heterocycles. The van der Waals surface area contributed by atoms with E-state index in [1.165, 1.54) is 4.90 Å². The van der Waals surface area contributed by atoms with Crippen molar-refractivity contribution in [2.45, 2.75) is 13.0 Å². The van der Waals surface area contributed by atoms with Gasteiger partial charge in [0.1, 0.15) is 0 Å². The zero-order chi connectivity index (χ0) is 11.7. The predicted octanol–water partition coefficient (Wildman–Crippen LogP) is 1.32. The van der Waals surface area contributed by atoms with Crippen LogP contribution in [0.1, 0.15) is 27.6 Å². The molecule has 2 rings (SSSR count). The zero-order valence-electron chi connectivity index (χ0n) is 9.27. The Bertz CT molecular complexity index is 407. The van der Waals surface area contributed by atoms with Gasteiger partial charge in [-0.2, -0.15) is 0 Å². The Morgan fingerprint density at radius 1 is 1.19 bits per heavy atom. The molecule has 0 bridgehead atoms. The lowest BCUT2D eigenvalue weighted by Gasteiger charge is -2.17. The molecule has 0 radical (unpaired) electrons. The number of carbonyl (C=O) groups excluding carboxylic acids is 2. The summed E-state index contributed by atoms with van der Waals surface area (Å²) < 4.78 is 5.06. The number of methoxy groups -OCH3 is 1. The number of fused-ring (bicyclic) bond motifs is 1. The van der Waals surface area contributed by atoms with E-state index >= 15 is 0 Å². The highest BCUT2D eigenvalue weighted by molar-refractivity contribution is 6.21. The van der Waals surface area contributed by atoms with Crippen LogP contribution in [0.4, 0.5) is 0 Å². The van der Waals surface area contributed by atoms with Crippen molar-refractivity contribution in [1.29, 1.82) is 0 Å². The number of nitrogens with zero attached hydrogens (tertiary/aromatic N) is 1. The van der Waals surface area contributed by atoms with Gasteiger partial charge in [-0.1, -0.05) is 12.1 Å². The van der Waals surface area contributed by atoms with Gasteiger partial charge in [-0.25, -0.2) is 0 Å². The van der Waals surface area contributed by atoms with E-state index < -0.39 is 0 Å². The highest BCUT2D eigenvalue weighted by Crippen LogP contribution is 2.22. The highest BCUT2D eigenvalue weighted by Gasteiger charge is 2.35. The average molecular weight is 219 g/mol. The van der Waals surface area contributed by atoms with Crippen LogP contribution in [0.15, 0.2) is 24.3 Å². The lowest BCUT2D eigenvalue weighted by Crippen LogP contribution is -2.36. The second-order valence-electron chi connectivity index (χ2n) is 3.81. The predicted molar refractivity (Wildman–Crippen MR) is 58.3 cm³/mol. The van der Waals surface area contributed by atoms with E-state index in [0.29, 0.717) is 17.7 Å². The molecule has 4 nitrogen and oxygen atoms in total. The van der Waals surface area contributed by atoms with Crippen molar-refractivity contribution < 1.29 is 14.3 Å². The maximum atomic E-state index is 11.9. The van der Waals surface area contributed by atoms with Gasteiger partial charge < -0.3 is 4.74 Å². The first kappa shape index (κ1) is 10.8.